The van der Waals surface area contributed by atoms with Crippen molar-refractivity contribution in [3.05, 3.63) is 54.0 Å². The summed E-state index contributed by atoms with van der Waals surface area (Å²) >= 11 is 0. The molecule has 1 N–H and O–H groups in total. The van der Waals surface area contributed by atoms with Crippen LogP contribution in [-0.4, -0.2) is 18.4 Å². The Labute approximate surface area is 152 Å². The SMILES string of the molecule is CC1CC1c1ccc(C=CC(=O)Nc2ccc(N3CCCC3=O)cc2)o1. The monoisotopic (exact) mass is 350 g/mol. The molecule has 4 rings (SSSR count). The Hall–Kier alpha value is -2.82. The first-order chi connectivity index (χ1) is 12.6. The average Bonchev–Trinajstić information content (AvgIpc) is 3.01. The van der Waals surface area contributed by atoms with E-state index in [1.165, 1.54) is 12.5 Å². The molecule has 2 aromatic rings. The normalized spacial score (nSPS) is 22.2. The summed E-state index contributed by atoms with van der Waals surface area (Å²) < 4.78 is 5.76. The lowest BCUT2D eigenvalue weighted by Crippen LogP contribution is -2.23. The molecule has 2 amide bonds. The summed E-state index contributed by atoms with van der Waals surface area (Å²) in [6, 6.07) is 11.2. The Kier molecular flexibility index (Phi) is 4.37. The molecule has 5 nitrogen and oxygen atoms in total. The van der Waals surface area contributed by atoms with Crippen molar-refractivity contribution in [2.45, 2.75) is 32.1 Å². The van der Waals surface area contributed by atoms with Crippen molar-refractivity contribution >= 4 is 29.3 Å². The van der Waals surface area contributed by atoms with Crippen LogP contribution in [0.4, 0.5) is 11.4 Å². The maximum absolute atomic E-state index is 12.1. The van der Waals surface area contributed by atoms with Crippen LogP contribution in [0.5, 0.6) is 0 Å². The minimum Gasteiger partial charge on any atom is -0.461 e. The third-order valence-corrected chi connectivity index (χ3v) is 5.04. The third kappa shape index (κ3) is 3.57. The number of carbonyl (C=O) groups is 2. The van der Waals surface area contributed by atoms with E-state index in [-0.39, 0.29) is 11.8 Å². The number of amides is 2. The lowest BCUT2D eigenvalue weighted by Gasteiger charge is -2.15. The predicted molar refractivity (Wildman–Crippen MR) is 101 cm³/mol. The Balaban J connectivity index is 1.34. The van der Waals surface area contributed by atoms with Crippen molar-refractivity contribution < 1.29 is 14.0 Å². The largest absolute Gasteiger partial charge is 0.461 e. The zero-order valence-corrected chi connectivity index (χ0v) is 14.8. The minimum atomic E-state index is -0.215. The van der Waals surface area contributed by atoms with Gasteiger partial charge in [-0.25, -0.2) is 0 Å². The quantitative estimate of drug-likeness (QED) is 0.823. The van der Waals surface area contributed by atoms with Gasteiger partial charge in [0.05, 0.1) is 0 Å². The summed E-state index contributed by atoms with van der Waals surface area (Å²) in [6.45, 7) is 2.97. The highest BCUT2D eigenvalue weighted by Gasteiger charge is 2.36. The van der Waals surface area contributed by atoms with E-state index < -0.39 is 0 Å². The molecular formula is C21H22N2O3. The van der Waals surface area contributed by atoms with E-state index in [4.69, 9.17) is 4.42 Å². The van der Waals surface area contributed by atoms with Crippen LogP contribution in [0, 0.1) is 5.92 Å². The standard InChI is InChI=1S/C21H22N2O3/c1-14-13-18(14)19-10-8-17(26-19)9-11-20(24)22-15-4-6-16(7-5-15)23-12-2-3-21(23)25/h4-11,14,18H,2-3,12-13H2,1H3,(H,22,24). The van der Waals surface area contributed by atoms with Gasteiger partial charge in [-0.05, 0) is 61.2 Å². The van der Waals surface area contributed by atoms with E-state index in [1.54, 1.807) is 11.0 Å². The van der Waals surface area contributed by atoms with E-state index in [1.807, 2.05) is 36.4 Å². The van der Waals surface area contributed by atoms with Gasteiger partial charge in [0, 0.05) is 36.3 Å². The highest BCUT2D eigenvalue weighted by molar-refractivity contribution is 6.02. The van der Waals surface area contributed by atoms with Crippen LogP contribution in [0.3, 0.4) is 0 Å². The summed E-state index contributed by atoms with van der Waals surface area (Å²) in [7, 11) is 0. The van der Waals surface area contributed by atoms with Gasteiger partial charge in [-0.15, -0.1) is 0 Å². The molecule has 1 saturated carbocycles. The number of rotatable bonds is 5. The second kappa shape index (κ2) is 6.83. The molecule has 134 valence electrons. The van der Waals surface area contributed by atoms with Gasteiger partial charge < -0.3 is 14.6 Å². The minimum absolute atomic E-state index is 0.156. The summed E-state index contributed by atoms with van der Waals surface area (Å²) in [6.07, 6.45) is 5.84. The van der Waals surface area contributed by atoms with Gasteiger partial charge in [0.25, 0.3) is 0 Å². The molecule has 2 fully saturated rings. The first kappa shape index (κ1) is 16.6. The number of anilines is 2. The molecule has 2 unspecified atom stereocenters. The fourth-order valence-corrected chi connectivity index (χ4v) is 3.36. The molecule has 26 heavy (non-hydrogen) atoms. The van der Waals surface area contributed by atoms with Crippen LogP contribution < -0.4 is 10.2 Å². The summed E-state index contributed by atoms with van der Waals surface area (Å²) in [5.74, 6) is 2.87. The Morgan fingerprint density at radius 1 is 1.23 bits per heavy atom. The van der Waals surface area contributed by atoms with Gasteiger partial charge in [0.1, 0.15) is 11.5 Å². The van der Waals surface area contributed by atoms with E-state index in [2.05, 4.69) is 12.2 Å². The zero-order chi connectivity index (χ0) is 18.1. The van der Waals surface area contributed by atoms with Gasteiger partial charge in [0.2, 0.25) is 11.8 Å². The van der Waals surface area contributed by atoms with Gasteiger partial charge in [-0.3, -0.25) is 9.59 Å². The highest BCUT2D eigenvalue weighted by atomic mass is 16.3. The molecule has 0 bridgehead atoms. The van der Waals surface area contributed by atoms with E-state index >= 15 is 0 Å². The molecule has 2 aliphatic rings. The maximum Gasteiger partial charge on any atom is 0.248 e. The van der Waals surface area contributed by atoms with E-state index in [9.17, 15) is 9.59 Å². The smallest absolute Gasteiger partial charge is 0.248 e. The molecule has 2 atom stereocenters. The van der Waals surface area contributed by atoms with Gasteiger partial charge in [-0.2, -0.15) is 0 Å². The number of carbonyl (C=O) groups excluding carboxylic acids is 2. The Bertz CT molecular complexity index is 850. The maximum atomic E-state index is 12.1. The first-order valence-corrected chi connectivity index (χ1v) is 9.09. The molecule has 1 aromatic carbocycles. The molecule has 1 aliphatic heterocycles. The molecule has 1 saturated heterocycles. The number of nitrogens with zero attached hydrogens (tertiary/aromatic N) is 1. The van der Waals surface area contributed by atoms with Crippen LogP contribution in [0.25, 0.3) is 6.08 Å². The lowest BCUT2D eigenvalue weighted by atomic mass is 10.2. The van der Waals surface area contributed by atoms with Gasteiger partial charge >= 0.3 is 0 Å². The van der Waals surface area contributed by atoms with Crippen molar-refractivity contribution in [3.8, 4) is 0 Å². The number of benzene rings is 1. The van der Waals surface area contributed by atoms with Crippen molar-refractivity contribution in [1.29, 1.82) is 0 Å². The van der Waals surface area contributed by atoms with Gasteiger partial charge in [-0.1, -0.05) is 6.92 Å². The van der Waals surface area contributed by atoms with Crippen molar-refractivity contribution in [3.63, 3.8) is 0 Å². The number of hydrogen-bond acceptors (Lipinski definition) is 3. The van der Waals surface area contributed by atoms with Crippen LogP contribution >= 0.6 is 0 Å². The Morgan fingerprint density at radius 2 is 2.00 bits per heavy atom. The third-order valence-electron chi connectivity index (χ3n) is 5.04. The van der Waals surface area contributed by atoms with Crippen molar-refractivity contribution in [2.75, 3.05) is 16.8 Å². The zero-order valence-electron chi connectivity index (χ0n) is 14.8. The van der Waals surface area contributed by atoms with Crippen LogP contribution in [-0.2, 0) is 9.59 Å². The second-order valence-corrected chi connectivity index (χ2v) is 7.08. The summed E-state index contributed by atoms with van der Waals surface area (Å²) in [4.78, 5) is 25.6. The fourth-order valence-electron chi connectivity index (χ4n) is 3.36. The van der Waals surface area contributed by atoms with Gasteiger partial charge in [0.15, 0.2) is 0 Å². The molecule has 5 heteroatoms. The van der Waals surface area contributed by atoms with E-state index in [0.29, 0.717) is 29.7 Å². The number of nitrogens with one attached hydrogen (secondary N) is 1. The average molecular weight is 350 g/mol. The molecule has 1 aliphatic carbocycles. The fraction of sp³-hybridized carbons (Fsp3) is 0.333. The highest BCUT2D eigenvalue weighted by Crippen LogP contribution is 2.47. The first-order valence-electron chi connectivity index (χ1n) is 9.09. The van der Waals surface area contributed by atoms with Crippen molar-refractivity contribution in [1.82, 2.24) is 0 Å². The van der Waals surface area contributed by atoms with Crippen LogP contribution in [0.1, 0.15) is 43.6 Å². The van der Waals surface area contributed by atoms with E-state index in [0.717, 1.165) is 24.4 Å². The number of hydrogen-bond donors (Lipinski definition) is 1. The van der Waals surface area contributed by atoms with Crippen LogP contribution in [0.2, 0.25) is 0 Å². The van der Waals surface area contributed by atoms with Crippen molar-refractivity contribution in [2.24, 2.45) is 5.92 Å². The topological polar surface area (TPSA) is 62.6 Å². The lowest BCUT2D eigenvalue weighted by molar-refractivity contribution is -0.117. The summed E-state index contributed by atoms with van der Waals surface area (Å²) in [5.41, 5.74) is 1.57. The predicted octanol–water partition coefficient (Wildman–Crippen LogP) is 4.18. The summed E-state index contributed by atoms with van der Waals surface area (Å²) in [5, 5.41) is 2.82. The second-order valence-electron chi connectivity index (χ2n) is 7.08. The molecule has 1 aromatic heterocycles. The molecule has 2 heterocycles. The molecular weight excluding hydrogens is 328 g/mol. The molecule has 0 radical (unpaired) electrons. The van der Waals surface area contributed by atoms with Crippen LogP contribution in [0.15, 0.2) is 46.9 Å². The molecule has 0 spiro atoms. The Morgan fingerprint density at radius 3 is 2.65 bits per heavy atom. The number of furan rings is 1.